The van der Waals surface area contributed by atoms with E-state index in [0.29, 0.717) is 12.6 Å². The molecular formula is C18H19N5OS. The number of aromatic nitrogens is 4. The number of anilines is 1. The highest BCUT2D eigenvalue weighted by atomic mass is 32.2. The first-order valence-electron chi connectivity index (χ1n) is 8.12. The van der Waals surface area contributed by atoms with Crippen molar-refractivity contribution in [3.05, 3.63) is 47.5 Å². The second kappa shape index (κ2) is 6.85. The average Bonchev–Trinajstić information content (AvgIpc) is 3.04. The van der Waals surface area contributed by atoms with Gasteiger partial charge in [0.25, 0.3) is 0 Å². The lowest BCUT2D eigenvalue weighted by molar-refractivity contribution is 0.190. The quantitative estimate of drug-likeness (QED) is 0.731. The van der Waals surface area contributed by atoms with Crippen LogP contribution in [0.15, 0.2) is 30.9 Å². The number of aromatic amines is 1. The van der Waals surface area contributed by atoms with Crippen LogP contribution in [0.2, 0.25) is 0 Å². The van der Waals surface area contributed by atoms with Gasteiger partial charge in [-0.3, -0.25) is 4.98 Å². The molecule has 0 spiro atoms. The van der Waals surface area contributed by atoms with E-state index in [1.807, 2.05) is 43.5 Å². The molecule has 3 aromatic rings. The Bertz CT molecular complexity index is 936. The molecule has 0 aromatic carbocycles. The normalized spacial score (nSPS) is 14.9. The summed E-state index contributed by atoms with van der Waals surface area (Å²) < 4.78 is 5.13. The maximum atomic E-state index is 5.13. The largest absolute Gasteiger partial charge is 0.383 e. The Balaban J connectivity index is 1.65. The van der Waals surface area contributed by atoms with Crippen LogP contribution >= 0.6 is 11.8 Å². The van der Waals surface area contributed by atoms with Crippen molar-refractivity contribution in [3.63, 3.8) is 0 Å². The zero-order valence-corrected chi connectivity index (χ0v) is 14.9. The van der Waals surface area contributed by atoms with Gasteiger partial charge >= 0.3 is 0 Å². The summed E-state index contributed by atoms with van der Waals surface area (Å²) in [6.45, 7) is 2.64. The van der Waals surface area contributed by atoms with E-state index < -0.39 is 0 Å². The lowest BCUT2D eigenvalue weighted by atomic mass is 10.1. The first-order valence-corrected chi connectivity index (χ1v) is 9.10. The van der Waals surface area contributed by atoms with Crippen molar-refractivity contribution in [2.24, 2.45) is 0 Å². The van der Waals surface area contributed by atoms with Gasteiger partial charge in [0.2, 0.25) is 5.95 Å². The van der Waals surface area contributed by atoms with Crippen LogP contribution in [-0.2, 0) is 10.5 Å². The van der Waals surface area contributed by atoms with Gasteiger partial charge < -0.3 is 15.0 Å². The van der Waals surface area contributed by atoms with Gasteiger partial charge in [-0.25, -0.2) is 4.98 Å². The number of hydrogen-bond donors (Lipinski definition) is 2. The summed E-state index contributed by atoms with van der Waals surface area (Å²) in [7, 11) is 1.68. The number of pyridine rings is 1. The summed E-state index contributed by atoms with van der Waals surface area (Å²) in [6, 6.07) is 2.23. The van der Waals surface area contributed by atoms with Gasteiger partial charge in [0.1, 0.15) is 5.65 Å². The summed E-state index contributed by atoms with van der Waals surface area (Å²) in [5.74, 6) is 1.55. The Morgan fingerprint density at radius 2 is 2.32 bits per heavy atom. The van der Waals surface area contributed by atoms with Crippen molar-refractivity contribution in [1.29, 1.82) is 0 Å². The van der Waals surface area contributed by atoms with Crippen LogP contribution in [0.4, 0.5) is 5.95 Å². The average molecular weight is 353 g/mol. The zero-order valence-electron chi connectivity index (χ0n) is 14.1. The van der Waals surface area contributed by atoms with Crippen LogP contribution in [0.3, 0.4) is 0 Å². The van der Waals surface area contributed by atoms with Crippen molar-refractivity contribution in [2.45, 2.75) is 18.7 Å². The number of thioether (sulfide) groups is 1. The molecule has 0 radical (unpaired) electrons. The molecular weight excluding hydrogens is 334 g/mol. The summed E-state index contributed by atoms with van der Waals surface area (Å²) in [5.41, 5.74) is 4.46. The Morgan fingerprint density at radius 3 is 3.20 bits per heavy atom. The fourth-order valence-electron chi connectivity index (χ4n) is 2.88. The van der Waals surface area contributed by atoms with E-state index in [0.717, 1.165) is 22.3 Å². The van der Waals surface area contributed by atoms with E-state index in [9.17, 15) is 0 Å². The molecule has 2 N–H and O–H groups in total. The van der Waals surface area contributed by atoms with Gasteiger partial charge in [-0.2, -0.15) is 4.98 Å². The number of H-pyrrole nitrogens is 1. The van der Waals surface area contributed by atoms with Gasteiger partial charge in [-0.15, -0.1) is 11.8 Å². The van der Waals surface area contributed by atoms with E-state index >= 15 is 0 Å². The molecule has 0 saturated heterocycles. The second-order valence-corrected chi connectivity index (χ2v) is 7.05. The molecule has 0 amide bonds. The molecule has 1 aliphatic heterocycles. The Kier molecular flexibility index (Phi) is 4.42. The predicted molar refractivity (Wildman–Crippen MR) is 102 cm³/mol. The lowest BCUT2D eigenvalue weighted by Crippen LogP contribution is -2.22. The number of rotatable bonds is 5. The predicted octanol–water partition coefficient (Wildman–Crippen LogP) is 3.54. The van der Waals surface area contributed by atoms with Crippen molar-refractivity contribution >= 4 is 39.7 Å². The van der Waals surface area contributed by atoms with E-state index in [-0.39, 0.29) is 6.04 Å². The van der Waals surface area contributed by atoms with Crippen LogP contribution in [0.1, 0.15) is 23.6 Å². The molecule has 4 heterocycles. The van der Waals surface area contributed by atoms with Gasteiger partial charge in [-0.1, -0.05) is 0 Å². The van der Waals surface area contributed by atoms with Crippen molar-refractivity contribution in [3.8, 4) is 0 Å². The zero-order chi connectivity index (χ0) is 17.2. The van der Waals surface area contributed by atoms with Crippen molar-refractivity contribution in [1.82, 2.24) is 19.9 Å². The first-order chi connectivity index (χ1) is 12.2. The fourth-order valence-corrected chi connectivity index (χ4v) is 3.99. The molecule has 3 aromatic heterocycles. The van der Waals surface area contributed by atoms with E-state index in [1.165, 1.54) is 16.0 Å². The third-order valence-corrected chi connectivity index (χ3v) is 5.21. The Morgan fingerprint density at radius 1 is 1.40 bits per heavy atom. The van der Waals surface area contributed by atoms with Crippen LogP contribution in [0.5, 0.6) is 0 Å². The van der Waals surface area contributed by atoms with Gasteiger partial charge in [0.15, 0.2) is 0 Å². The number of nitrogens with zero attached hydrogens (tertiary/aromatic N) is 3. The van der Waals surface area contributed by atoms with E-state index in [2.05, 4.69) is 37.4 Å². The molecule has 0 fully saturated rings. The molecule has 7 heteroatoms. The van der Waals surface area contributed by atoms with Crippen LogP contribution in [-0.4, -0.2) is 39.7 Å². The van der Waals surface area contributed by atoms with Gasteiger partial charge in [0.05, 0.1) is 6.61 Å². The molecule has 0 aliphatic carbocycles. The molecule has 128 valence electrons. The van der Waals surface area contributed by atoms with E-state index in [4.69, 9.17) is 4.74 Å². The number of nitrogens with one attached hydrogen (secondary N) is 2. The lowest BCUT2D eigenvalue weighted by Gasteiger charge is -2.15. The third-order valence-electron chi connectivity index (χ3n) is 4.11. The summed E-state index contributed by atoms with van der Waals surface area (Å²) in [6.07, 6.45) is 9.82. The number of fused-ring (bicyclic) bond motifs is 2. The number of methoxy groups -OCH3 is 1. The maximum Gasteiger partial charge on any atom is 0.224 e. The third kappa shape index (κ3) is 3.25. The number of hydrogen-bond acceptors (Lipinski definition) is 6. The molecule has 25 heavy (non-hydrogen) atoms. The van der Waals surface area contributed by atoms with Crippen molar-refractivity contribution < 1.29 is 4.74 Å². The topological polar surface area (TPSA) is 75.7 Å². The molecule has 6 nitrogen and oxygen atoms in total. The monoisotopic (exact) mass is 353 g/mol. The van der Waals surface area contributed by atoms with Crippen LogP contribution < -0.4 is 5.32 Å². The first kappa shape index (κ1) is 16.1. The fraction of sp³-hybridized carbons (Fsp3) is 0.278. The maximum absolute atomic E-state index is 5.13. The van der Waals surface area contributed by atoms with E-state index in [1.54, 1.807) is 7.11 Å². The number of ether oxygens (including phenoxy) is 1. The molecule has 1 atom stereocenters. The summed E-state index contributed by atoms with van der Waals surface area (Å²) in [5, 5.41) is 4.27. The van der Waals surface area contributed by atoms with Crippen LogP contribution in [0.25, 0.3) is 22.0 Å². The molecule has 4 rings (SSSR count). The smallest absolute Gasteiger partial charge is 0.224 e. The molecule has 0 unspecified atom stereocenters. The summed E-state index contributed by atoms with van der Waals surface area (Å²) >= 11 is 1.83. The molecule has 0 bridgehead atoms. The SMILES string of the molecule is COC[C@H](C)Nc1ncc2c(C3=Cc4cnccc4CS3)c[nH]c2n1. The summed E-state index contributed by atoms with van der Waals surface area (Å²) in [4.78, 5) is 17.7. The highest BCUT2D eigenvalue weighted by molar-refractivity contribution is 8.07. The van der Waals surface area contributed by atoms with Gasteiger partial charge in [0, 0.05) is 59.5 Å². The van der Waals surface area contributed by atoms with Gasteiger partial charge in [-0.05, 0) is 30.2 Å². The minimum Gasteiger partial charge on any atom is -0.383 e. The highest BCUT2D eigenvalue weighted by Crippen LogP contribution is 2.40. The Hall–Kier alpha value is -2.38. The van der Waals surface area contributed by atoms with Crippen LogP contribution in [0, 0.1) is 0 Å². The molecule has 0 saturated carbocycles. The standard InChI is InChI=1S/C18H19N5OS/c1-11(9-24-2)22-18-21-8-15-14(7-20-17(15)23-18)16-5-13-6-19-4-3-12(13)10-25-16/h3-8,11H,9-10H2,1-2H3,(H2,20,21,22,23)/t11-/m0/s1. The minimum absolute atomic E-state index is 0.150. The Labute approximate surface area is 150 Å². The van der Waals surface area contributed by atoms with Crippen molar-refractivity contribution in [2.75, 3.05) is 19.0 Å². The second-order valence-electron chi connectivity index (χ2n) is 6.03. The highest BCUT2D eigenvalue weighted by Gasteiger charge is 2.16. The minimum atomic E-state index is 0.150. The molecule has 1 aliphatic rings.